The number of nitrogens with one attached hydrogen (secondary N) is 1. The van der Waals surface area contributed by atoms with Gasteiger partial charge in [0.15, 0.2) is 0 Å². The molecule has 0 aliphatic carbocycles. The number of aromatic amines is 1. The molecule has 0 bridgehead atoms. The molecule has 1 fully saturated rings. The number of benzene rings is 1. The van der Waals surface area contributed by atoms with E-state index in [0.29, 0.717) is 43.3 Å². The molecule has 2 N–H and O–H groups in total. The Balaban J connectivity index is 1.32. The van der Waals surface area contributed by atoms with Crippen LogP contribution in [0.15, 0.2) is 36.7 Å². The van der Waals surface area contributed by atoms with Gasteiger partial charge in [0.2, 0.25) is 11.9 Å². The summed E-state index contributed by atoms with van der Waals surface area (Å²) in [7, 11) is 1.72. The Kier molecular flexibility index (Phi) is 5.38. The van der Waals surface area contributed by atoms with Crippen LogP contribution in [-0.2, 0) is 11.2 Å². The standard InChI is InChI=1S/C20H23ClN6O2/c1-26(12-20(29)7-10-27(13-20)19-22-8-2-9-23-19)18(28)6-5-17-24-15-4-3-14(21)11-16(15)25-17/h2-4,8-9,11,29H,5-7,10,12-13H2,1H3,(H,24,25). The van der Waals surface area contributed by atoms with E-state index in [1.807, 2.05) is 17.0 Å². The third-order valence-corrected chi connectivity index (χ3v) is 5.43. The number of carbonyl (C=O) groups excluding carboxylic acids is 1. The first-order valence-corrected chi connectivity index (χ1v) is 9.92. The molecular weight excluding hydrogens is 392 g/mol. The average molecular weight is 415 g/mol. The Hall–Kier alpha value is -2.71. The van der Waals surface area contributed by atoms with Gasteiger partial charge in [-0.25, -0.2) is 15.0 Å². The van der Waals surface area contributed by atoms with Crippen molar-refractivity contribution in [3.05, 3.63) is 47.5 Å². The number of hydrogen-bond acceptors (Lipinski definition) is 6. The number of hydrogen-bond donors (Lipinski definition) is 2. The maximum absolute atomic E-state index is 12.6. The number of β-amino-alcohol motifs (C(OH)–C–C–N with tert-alkyl or cyclic N) is 1. The maximum Gasteiger partial charge on any atom is 0.225 e. The zero-order valence-electron chi connectivity index (χ0n) is 16.2. The van der Waals surface area contributed by atoms with E-state index >= 15 is 0 Å². The van der Waals surface area contributed by atoms with Crippen LogP contribution in [0.3, 0.4) is 0 Å². The molecule has 0 spiro atoms. The molecular formula is C20H23ClN6O2. The molecule has 29 heavy (non-hydrogen) atoms. The van der Waals surface area contributed by atoms with Crippen LogP contribution in [0.1, 0.15) is 18.7 Å². The third-order valence-electron chi connectivity index (χ3n) is 5.19. The first kappa shape index (κ1) is 19.6. The molecule has 1 amide bonds. The van der Waals surface area contributed by atoms with Gasteiger partial charge in [-0.2, -0.15) is 0 Å². The van der Waals surface area contributed by atoms with Gasteiger partial charge in [0.05, 0.1) is 24.1 Å². The lowest BCUT2D eigenvalue weighted by Crippen LogP contribution is -2.46. The lowest BCUT2D eigenvalue weighted by atomic mass is 10.0. The highest BCUT2D eigenvalue weighted by molar-refractivity contribution is 6.31. The molecule has 1 aromatic carbocycles. The van der Waals surface area contributed by atoms with Crippen LogP contribution in [-0.4, -0.2) is 68.1 Å². The van der Waals surface area contributed by atoms with Crippen molar-refractivity contribution in [2.24, 2.45) is 0 Å². The molecule has 0 saturated carbocycles. The van der Waals surface area contributed by atoms with E-state index in [4.69, 9.17) is 11.6 Å². The number of carbonyl (C=O) groups is 1. The Labute approximate surface area is 173 Å². The predicted octanol–water partition coefficient (Wildman–Crippen LogP) is 2.04. The lowest BCUT2D eigenvalue weighted by molar-refractivity contribution is -0.132. The summed E-state index contributed by atoms with van der Waals surface area (Å²) in [5, 5.41) is 11.6. The summed E-state index contributed by atoms with van der Waals surface area (Å²) in [6.07, 6.45) is 4.74. The third kappa shape index (κ3) is 4.49. The zero-order valence-corrected chi connectivity index (χ0v) is 16.9. The molecule has 1 saturated heterocycles. The number of aromatic nitrogens is 4. The first-order valence-electron chi connectivity index (χ1n) is 9.54. The van der Waals surface area contributed by atoms with Crippen molar-refractivity contribution in [3.63, 3.8) is 0 Å². The second kappa shape index (κ2) is 7.96. The number of rotatable bonds is 6. The van der Waals surface area contributed by atoms with Crippen molar-refractivity contribution in [1.29, 1.82) is 0 Å². The monoisotopic (exact) mass is 414 g/mol. The molecule has 1 atom stereocenters. The number of fused-ring (bicyclic) bond motifs is 1. The van der Waals surface area contributed by atoms with Gasteiger partial charge in [-0.05, 0) is 30.7 Å². The largest absolute Gasteiger partial charge is 0.386 e. The number of likely N-dealkylation sites (N-methyl/N-ethyl adjacent to an activating group) is 1. The van der Waals surface area contributed by atoms with E-state index in [1.165, 1.54) is 0 Å². The number of anilines is 1. The topological polar surface area (TPSA) is 98.2 Å². The fourth-order valence-electron chi connectivity index (χ4n) is 3.71. The Morgan fingerprint density at radius 1 is 1.38 bits per heavy atom. The van der Waals surface area contributed by atoms with Crippen LogP contribution in [0.2, 0.25) is 5.02 Å². The average Bonchev–Trinajstić information content (AvgIpc) is 3.29. The Bertz CT molecular complexity index is 1010. The number of aliphatic hydroxyl groups is 1. The molecule has 152 valence electrons. The molecule has 3 heterocycles. The molecule has 1 aliphatic rings. The number of aryl methyl sites for hydroxylation is 1. The minimum Gasteiger partial charge on any atom is -0.386 e. The molecule has 1 aliphatic heterocycles. The van der Waals surface area contributed by atoms with E-state index in [9.17, 15) is 9.90 Å². The van der Waals surface area contributed by atoms with E-state index in [2.05, 4.69) is 19.9 Å². The van der Waals surface area contributed by atoms with Crippen LogP contribution in [0.5, 0.6) is 0 Å². The number of halogens is 1. The minimum atomic E-state index is -0.972. The SMILES string of the molecule is CN(CC1(O)CCN(c2ncccn2)C1)C(=O)CCc1nc2ccc(Cl)cc2[nH]1. The molecule has 9 heteroatoms. The summed E-state index contributed by atoms with van der Waals surface area (Å²) >= 11 is 6.00. The van der Waals surface area contributed by atoms with Gasteiger partial charge in [-0.1, -0.05) is 11.6 Å². The predicted molar refractivity (Wildman–Crippen MR) is 111 cm³/mol. The van der Waals surface area contributed by atoms with Crippen LogP contribution in [0.25, 0.3) is 11.0 Å². The van der Waals surface area contributed by atoms with E-state index in [-0.39, 0.29) is 12.5 Å². The van der Waals surface area contributed by atoms with Gasteiger partial charge in [0, 0.05) is 43.9 Å². The van der Waals surface area contributed by atoms with Gasteiger partial charge in [-0.15, -0.1) is 0 Å². The highest BCUT2D eigenvalue weighted by Crippen LogP contribution is 2.25. The molecule has 4 rings (SSSR count). The zero-order chi connectivity index (χ0) is 20.4. The van der Waals surface area contributed by atoms with Crippen molar-refractivity contribution in [3.8, 4) is 0 Å². The van der Waals surface area contributed by atoms with Crippen LogP contribution in [0.4, 0.5) is 5.95 Å². The summed E-state index contributed by atoms with van der Waals surface area (Å²) in [6.45, 7) is 1.33. The van der Waals surface area contributed by atoms with Crippen LogP contribution >= 0.6 is 11.6 Å². The number of amides is 1. The number of H-pyrrole nitrogens is 1. The number of nitrogens with zero attached hydrogens (tertiary/aromatic N) is 5. The molecule has 1 unspecified atom stereocenters. The van der Waals surface area contributed by atoms with Crippen molar-refractivity contribution >= 4 is 34.5 Å². The summed E-state index contributed by atoms with van der Waals surface area (Å²) < 4.78 is 0. The Morgan fingerprint density at radius 3 is 2.97 bits per heavy atom. The second-order valence-corrected chi connectivity index (χ2v) is 7.98. The van der Waals surface area contributed by atoms with E-state index in [1.54, 1.807) is 36.5 Å². The quantitative estimate of drug-likeness (QED) is 0.640. The lowest BCUT2D eigenvalue weighted by Gasteiger charge is -2.29. The van der Waals surface area contributed by atoms with Gasteiger partial charge in [-0.3, -0.25) is 4.79 Å². The fourth-order valence-corrected chi connectivity index (χ4v) is 3.88. The summed E-state index contributed by atoms with van der Waals surface area (Å²) in [6, 6.07) is 7.22. The van der Waals surface area contributed by atoms with Crippen LogP contribution < -0.4 is 4.90 Å². The van der Waals surface area contributed by atoms with Crippen molar-refractivity contribution < 1.29 is 9.90 Å². The van der Waals surface area contributed by atoms with Crippen LogP contribution in [0, 0.1) is 0 Å². The molecule has 2 aromatic heterocycles. The molecule has 3 aromatic rings. The summed E-state index contributed by atoms with van der Waals surface area (Å²) in [5.41, 5.74) is 0.713. The first-order chi connectivity index (χ1) is 13.9. The highest BCUT2D eigenvalue weighted by Gasteiger charge is 2.38. The molecule has 8 nitrogen and oxygen atoms in total. The van der Waals surface area contributed by atoms with E-state index in [0.717, 1.165) is 16.9 Å². The minimum absolute atomic E-state index is 0.0358. The fraction of sp³-hybridized carbons (Fsp3) is 0.400. The maximum atomic E-state index is 12.6. The smallest absolute Gasteiger partial charge is 0.225 e. The van der Waals surface area contributed by atoms with Crippen molar-refractivity contribution in [2.45, 2.75) is 24.9 Å². The highest BCUT2D eigenvalue weighted by atomic mass is 35.5. The van der Waals surface area contributed by atoms with Crippen molar-refractivity contribution in [1.82, 2.24) is 24.8 Å². The van der Waals surface area contributed by atoms with Crippen molar-refractivity contribution in [2.75, 3.05) is 31.6 Å². The van der Waals surface area contributed by atoms with Gasteiger partial charge in [0.1, 0.15) is 11.4 Å². The molecule has 0 radical (unpaired) electrons. The van der Waals surface area contributed by atoms with Gasteiger partial charge >= 0.3 is 0 Å². The second-order valence-electron chi connectivity index (χ2n) is 7.54. The summed E-state index contributed by atoms with van der Waals surface area (Å²) in [5.74, 6) is 1.31. The van der Waals surface area contributed by atoms with Gasteiger partial charge in [0.25, 0.3) is 0 Å². The number of imidazole rings is 1. The van der Waals surface area contributed by atoms with Gasteiger partial charge < -0.3 is 19.9 Å². The van der Waals surface area contributed by atoms with E-state index < -0.39 is 5.60 Å². The Morgan fingerprint density at radius 2 is 2.17 bits per heavy atom. The summed E-state index contributed by atoms with van der Waals surface area (Å²) in [4.78, 5) is 32.3. The normalized spacial score (nSPS) is 19.1.